The second-order valence-electron chi connectivity index (χ2n) is 6.92. The van der Waals surface area contributed by atoms with Gasteiger partial charge in [-0.05, 0) is 35.5 Å². The molecule has 29 heavy (non-hydrogen) atoms. The summed E-state index contributed by atoms with van der Waals surface area (Å²) in [4.78, 5) is 14.9. The molecule has 1 fully saturated rings. The number of hydrogen-bond donors (Lipinski definition) is 2. The molecule has 4 rings (SSSR count). The van der Waals surface area contributed by atoms with Gasteiger partial charge in [0.15, 0.2) is 5.69 Å². The van der Waals surface area contributed by atoms with E-state index in [9.17, 15) is 4.79 Å². The number of hydrogen-bond acceptors (Lipinski definition) is 10. The molecule has 3 N–H and O–H groups in total. The van der Waals surface area contributed by atoms with Crippen molar-refractivity contribution < 1.29 is 14.2 Å². The Morgan fingerprint density at radius 2 is 2.21 bits per heavy atom. The molecule has 0 aromatic carbocycles. The van der Waals surface area contributed by atoms with Crippen LogP contribution in [0.5, 0.6) is 0 Å². The average molecular weight is 401 g/mol. The van der Waals surface area contributed by atoms with Gasteiger partial charge in [0.25, 0.3) is 5.91 Å². The minimum absolute atomic E-state index is 0.0634. The van der Waals surface area contributed by atoms with E-state index < -0.39 is 5.91 Å². The van der Waals surface area contributed by atoms with E-state index in [1.165, 1.54) is 4.68 Å². The van der Waals surface area contributed by atoms with Gasteiger partial charge in [-0.2, -0.15) is 9.78 Å². The zero-order chi connectivity index (χ0) is 20.1. The Bertz CT molecular complexity index is 898. The van der Waals surface area contributed by atoms with Crippen molar-refractivity contribution in [1.82, 2.24) is 35.6 Å². The highest BCUT2D eigenvalue weighted by Crippen LogP contribution is 2.18. The van der Waals surface area contributed by atoms with Gasteiger partial charge >= 0.3 is 0 Å². The van der Waals surface area contributed by atoms with E-state index in [1.807, 2.05) is 0 Å². The number of amides is 1. The van der Waals surface area contributed by atoms with Crippen LogP contribution >= 0.6 is 0 Å². The molecule has 0 bridgehead atoms. The zero-order valence-corrected chi connectivity index (χ0v) is 15.9. The highest BCUT2D eigenvalue weighted by molar-refractivity contribution is 5.93. The molecule has 2 aromatic rings. The van der Waals surface area contributed by atoms with E-state index >= 15 is 0 Å². The van der Waals surface area contributed by atoms with Crippen molar-refractivity contribution in [2.24, 2.45) is 11.0 Å². The van der Waals surface area contributed by atoms with Crippen molar-refractivity contribution in [3.63, 3.8) is 0 Å². The fourth-order valence-corrected chi connectivity index (χ4v) is 3.31. The molecule has 12 nitrogen and oxygen atoms in total. The molecule has 1 atom stereocenters. The number of morpholine rings is 1. The fourth-order valence-electron chi connectivity index (χ4n) is 3.31. The first-order valence-electron chi connectivity index (χ1n) is 9.54. The predicted molar refractivity (Wildman–Crippen MR) is 102 cm³/mol. The van der Waals surface area contributed by atoms with E-state index in [2.05, 4.69) is 52.8 Å². The Labute approximate surface area is 166 Å². The Hall–Kier alpha value is -3.12. The molecule has 1 amide bonds. The number of allylic oxidation sites excluding steroid dienone is 2. The summed E-state index contributed by atoms with van der Waals surface area (Å²) in [5.41, 5.74) is 9.04. The lowest BCUT2D eigenvalue weighted by Crippen LogP contribution is -2.37. The Morgan fingerprint density at radius 1 is 1.34 bits per heavy atom. The number of nitrogens with one attached hydrogen (secondary N) is 1. The molecule has 1 aliphatic heterocycles. The highest BCUT2D eigenvalue weighted by Gasteiger charge is 2.26. The average Bonchev–Trinajstić information content (AvgIpc) is 3.35. The molecule has 154 valence electrons. The van der Waals surface area contributed by atoms with Crippen molar-refractivity contribution in [3.8, 4) is 5.82 Å². The molecule has 2 aliphatic rings. The summed E-state index contributed by atoms with van der Waals surface area (Å²) in [6, 6.07) is 0. The number of nitrogen functional groups attached to an aromatic ring is 1. The number of carbonyl (C=O) groups excluding carboxylic acids is 1. The van der Waals surface area contributed by atoms with Gasteiger partial charge in [-0.3, -0.25) is 9.69 Å². The first kappa shape index (κ1) is 19.2. The Balaban J connectivity index is 1.54. The second-order valence-corrected chi connectivity index (χ2v) is 6.92. The third kappa shape index (κ3) is 4.49. The summed E-state index contributed by atoms with van der Waals surface area (Å²) in [6.07, 6.45) is 9.03. The minimum Gasteiger partial charge on any atom is -0.379 e. The van der Waals surface area contributed by atoms with Crippen molar-refractivity contribution in [1.29, 1.82) is 0 Å². The van der Waals surface area contributed by atoms with E-state index in [-0.39, 0.29) is 17.3 Å². The first-order chi connectivity index (χ1) is 14.2. The van der Waals surface area contributed by atoms with Gasteiger partial charge in [0, 0.05) is 25.8 Å². The molecule has 0 radical (unpaired) electrons. The highest BCUT2D eigenvalue weighted by atomic mass is 16.6. The first-order valence-corrected chi connectivity index (χ1v) is 9.54. The van der Waals surface area contributed by atoms with Crippen LogP contribution < -0.4 is 11.2 Å². The molecular formula is C17H23N9O3. The number of carbonyl (C=O) groups is 1. The van der Waals surface area contributed by atoms with Crippen LogP contribution in [0.2, 0.25) is 0 Å². The number of aromatic nitrogens is 5. The lowest BCUT2D eigenvalue weighted by atomic mass is 9.96. The maximum atomic E-state index is 12.7. The summed E-state index contributed by atoms with van der Waals surface area (Å²) in [6.45, 7) is 3.12. The molecule has 0 unspecified atom stereocenters. The molecule has 2 aromatic heterocycles. The largest absolute Gasteiger partial charge is 0.379 e. The van der Waals surface area contributed by atoms with Gasteiger partial charge in [0.1, 0.15) is 0 Å². The summed E-state index contributed by atoms with van der Waals surface area (Å²) < 4.78 is 11.4. The maximum Gasteiger partial charge on any atom is 0.293 e. The summed E-state index contributed by atoms with van der Waals surface area (Å²) >= 11 is 0. The van der Waals surface area contributed by atoms with E-state index in [4.69, 9.17) is 10.5 Å². The summed E-state index contributed by atoms with van der Waals surface area (Å²) in [7, 11) is 0. The third-order valence-electron chi connectivity index (χ3n) is 4.91. The SMILES string of the molecule is Nc1nonc1-n1nnc(C(=O)N/N=C\[C@H]2CC=CCC2)c1CN1CCOCC1. The molecule has 3 heterocycles. The van der Waals surface area contributed by atoms with Gasteiger partial charge in [-0.25, -0.2) is 10.1 Å². The van der Waals surface area contributed by atoms with Crippen LogP contribution in [0.3, 0.4) is 0 Å². The number of nitrogens with two attached hydrogens (primary N) is 1. The van der Waals surface area contributed by atoms with Gasteiger partial charge in [-0.1, -0.05) is 17.4 Å². The summed E-state index contributed by atoms with van der Waals surface area (Å²) in [5, 5.41) is 19.5. The van der Waals surface area contributed by atoms with Crippen LogP contribution in [0, 0.1) is 5.92 Å². The van der Waals surface area contributed by atoms with Crippen molar-refractivity contribution in [2.45, 2.75) is 25.8 Å². The Morgan fingerprint density at radius 3 is 2.93 bits per heavy atom. The van der Waals surface area contributed by atoms with Gasteiger partial charge < -0.3 is 10.5 Å². The number of hydrazone groups is 1. The smallest absolute Gasteiger partial charge is 0.293 e. The second kappa shape index (κ2) is 8.92. The number of anilines is 1. The molecule has 1 aliphatic carbocycles. The summed E-state index contributed by atoms with van der Waals surface area (Å²) in [5.74, 6) is 0.132. The number of ether oxygens (including phenoxy) is 1. The van der Waals surface area contributed by atoms with Gasteiger partial charge in [-0.15, -0.1) is 5.10 Å². The maximum absolute atomic E-state index is 12.7. The molecule has 12 heteroatoms. The molecule has 1 saturated heterocycles. The van der Waals surface area contributed by atoms with Crippen molar-refractivity contribution >= 4 is 17.9 Å². The lowest BCUT2D eigenvalue weighted by molar-refractivity contribution is 0.0332. The van der Waals surface area contributed by atoms with E-state index in [0.717, 1.165) is 32.4 Å². The van der Waals surface area contributed by atoms with Crippen LogP contribution in [0.1, 0.15) is 35.4 Å². The number of rotatable bonds is 6. The van der Waals surface area contributed by atoms with Crippen LogP contribution in [0.15, 0.2) is 21.9 Å². The molecular weight excluding hydrogens is 378 g/mol. The van der Waals surface area contributed by atoms with Crippen LogP contribution in [0.25, 0.3) is 5.82 Å². The minimum atomic E-state index is -0.447. The van der Waals surface area contributed by atoms with Crippen molar-refractivity contribution in [3.05, 3.63) is 23.5 Å². The molecule has 0 saturated carbocycles. The monoisotopic (exact) mass is 401 g/mol. The fraction of sp³-hybridized carbons (Fsp3) is 0.529. The van der Waals surface area contributed by atoms with Crippen LogP contribution in [0.4, 0.5) is 5.82 Å². The van der Waals surface area contributed by atoms with E-state index in [0.29, 0.717) is 31.4 Å². The van der Waals surface area contributed by atoms with Crippen molar-refractivity contribution in [2.75, 3.05) is 32.0 Å². The predicted octanol–water partition coefficient (Wildman–Crippen LogP) is 0.137. The van der Waals surface area contributed by atoms with Crippen LogP contribution in [-0.4, -0.2) is 68.6 Å². The van der Waals surface area contributed by atoms with Gasteiger partial charge in [0.2, 0.25) is 11.6 Å². The third-order valence-corrected chi connectivity index (χ3v) is 4.91. The standard InChI is InChI=1S/C17H23N9O3/c18-15-16(23-29-22-15)26-13(11-25-6-8-28-9-7-25)14(20-24-26)17(27)21-19-10-12-4-2-1-3-5-12/h1-2,10,12H,3-9,11H2,(H2,18,22)(H,21,27)/b19-10-/t12-/m0/s1. The zero-order valence-electron chi connectivity index (χ0n) is 15.9. The van der Waals surface area contributed by atoms with Gasteiger partial charge in [0.05, 0.1) is 18.9 Å². The topological polar surface area (TPSA) is 150 Å². The quantitative estimate of drug-likeness (QED) is 0.391. The normalized spacial score (nSPS) is 20.3. The van der Waals surface area contributed by atoms with Crippen LogP contribution in [-0.2, 0) is 11.3 Å². The molecule has 0 spiro atoms. The Kier molecular flexibility index (Phi) is 5.91. The van der Waals surface area contributed by atoms with E-state index in [1.54, 1.807) is 6.21 Å². The number of nitrogens with zero attached hydrogens (tertiary/aromatic N) is 7. The lowest BCUT2D eigenvalue weighted by Gasteiger charge is -2.26.